The van der Waals surface area contributed by atoms with Crippen molar-refractivity contribution < 1.29 is 23.9 Å². The van der Waals surface area contributed by atoms with Gasteiger partial charge in [-0.2, -0.15) is 0 Å². The molecule has 5 heteroatoms. The maximum Gasteiger partial charge on any atom is 0.293 e. The van der Waals surface area contributed by atoms with Crippen LogP contribution in [0.15, 0.2) is 0 Å². The third kappa shape index (κ3) is 2.49. The van der Waals surface area contributed by atoms with Crippen LogP contribution in [0.3, 0.4) is 0 Å². The number of hydrogen-bond donors (Lipinski definition) is 0. The van der Waals surface area contributed by atoms with Crippen molar-refractivity contribution in [3.8, 4) is 0 Å². The topological polar surface area (TPSA) is 77.5 Å². The first-order valence-electron chi connectivity index (χ1n) is 4.77. The summed E-state index contributed by atoms with van der Waals surface area (Å²) in [5.41, 5.74) is 0. The fraction of sp³-hybridized carbons (Fsp3) is 0.600. The van der Waals surface area contributed by atoms with Gasteiger partial charge in [0.2, 0.25) is 0 Å². The highest BCUT2D eigenvalue weighted by atomic mass is 16.5. The van der Waals surface area contributed by atoms with E-state index in [4.69, 9.17) is 0 Å². The van der Waals surface area contributed by atoms with Crippen LogP contribution in [0.1, 0.15) is 26.2 Å². The van der Waals surface area contributed by atoms with Crippen LogP contribution < -0.4 is 0 Å². The summed E-state index contributed by atoms with van der Waals surface area (Å²) >= 11 is 0. The van der Waals surface area contributed by atoms with Crippen LogP contribution in [-0.2, 0) is 23.9 Å². The Kier molecular flexibility index (Phi) is 3.71. The Morgan fingerprint density at radius 3 is 2.33 bits per heavy atom. The van der Waals surface area contributed by atoms with Crippen LogP contribution in [-0.4, -0.2) is 29.9 Å². The summed E-state index contributed by atoms with van der Waals surface area (Å²) in [5.74, 6) is -2.36. The molecule has 0 aromatic rings. The van der Waals surface area contributed by atoms with Gasteiger partial charge in [0.05, 0.1) is 0 Å². The van der Waals surface area contributed by atoms with Crippen LogP contribution in [0, 0.1) is 5.92 Å². The summed E-state index contributed by atoms with van der Waals surface area (Å²) in [6.07, 6.45) is -0.605. The number of hydrogen-bond acceptors (Lipinski definition) is 5. The molecule has 1 rings (SSSR count). The molecule has 5 nitrogen and oxygen atoms in total. The highest BCUT2D eigenvalue weighted by Gasteiger charge is 2.39. The van der Waals surface area contributed by atoms with E-state index in [1.54, 1.807) is 6.92 Å². The average Bonchev–Trinajstić information content (AvgIpc) is 2.16. The van der Waals surface area contributed by atoms with Crippen molar-refractivity contribution >= 4 is 23.8 Å². The Balaban J connectivity index is 2.73. The Morgan fingerprint density at radius 1 is 1.40 bits per heavy atom. The lowest BCUT2D eigenvalue weighted by molar-refractivity contribution is -0.148. The molecule has 0 atom stereocenters. The molecule has 0 amide bonds. The van der Waals surface area contributed by atoms with E-state index < -0.39 is 23.6 Å². The van der Waals surface area contributed by atoms with Gasteiger partial charge < -0.3 is 4.74 Å². The molecule has 15 heavy (non-hydrogen) atoms. The average molecular weight is 212 g/mol. The van der Waals surface area contributed by atoms with E-state index in [-0.39, 0.29) is 31.5 Å². The molecule has 0 heterocycles. The molecule has 1 saturated carbocycles. The molecule has 0 unspecified atom stereocenters. The summed E-state index contributed by atoms with van der Waals surface area (Å²) in [5, 5.41) is 0. The first-order valence-corrected chi connectivity index (χ1v) is 4.77. The fourth-order valence-electron chi connectivity index (χ4n) is 1.67. The van der Waals surface area contributed by atoms with Crippen molar-refractivity contribution in [2.24, 2.45) is 5.92 Å². The van der Waals surface area contributed by atoms with Gasteiger partial charge in [0.15, 0.2) is 17.3 Å². The van der Waals surface area contributed by atoms with Crippen LogP contribution in [0.2, 0.25) is 0 Å². The summed E-state index contributed by atoms with van der Waals surface area (Å²) in [6.45, 7) is 1.82. The normalized spacial score (nSPS) is 26.2. The number of carbonyl (C=O) groups excluding carboxylic acids is 4. The zero-order chi connectivity index (χ0) is 11.4. The Labute approximate surface area is 86.8 Å². The van der Waals surface area contributed by atoms with E-state index in [1.165, 1.54) is 0 Å². The molecular formula is C10H12O5. The first-order chi connectivity index (χ1) is 7.10. The number of ether oxygens (including phenoxy) is 1. The maximum absolute atomic E-state index is 11.5. The molecule has 0 radical (unpaired) electrons. The van der Waals surface area contributed by atoms with Crippen LogP contribution in [0.25, 0.3) is 0 Å². The van der Waals surface area contributed by atoms with Gasteiger partial charge in [-0.1, -0.05) is 6.92 Å². The summed E-state index contributed by atoms with van der Waals surface area (Å²) in [6, 6.07) is 0. The first kappa shape index (κ1) is 11.6. The molecule has 1 fully saturated rings. The van der Waals surface area contributed by atoms with Crippen molar-refractivity contribution in [2.75, 3.05) is 0 Å². The van der Waals surface area contributed by atoms with Gasteiger partial charge >= 0.3 is 0 Å². The second-order valence-corrected chi connectivity index (χ2v) is 3.45. The van der Waals surface area contributed by atoms with Crippen molar-refractivity contribution in [3.05, 3.63) is 0 Å². The van der Waals surface area contributed by atoms with E-state index in [1.807, 2.05) is 0 Å². The Bertz CT molecular complexity index is 289. The summed E-state index contributed by atoms with van der Waals surface area (Å²) < 4.78 is 4.55. The number of carbonyl (C=O) groups is 4. The summed E-state index contributed by atoms with van der Waals surface area (Å²) in [4.78, 5) is 44.3. The minimum Gasteiger partial charge on any atom is -0.464 e. The highest BCUT2D eigenvalue weighted by molar-refractivity contribution is 6.20. The lowest BCUT2D eigenvalue weighted by atomic mass is 9.81. The van der Waals surface area contributed by atoms with Crippen molar-refractivity contribution in [1.82, 2.24) is 0 Å². The standard InChI is InChI=1S/C10H12O5/c1-2-7(12)10-8(13)3-6(15-5-11)4-9(10)14/h5-6,10H,2-4H2,1H3. The van der Waals surface area contributed by atoms with E-state index >= 15 is 0 Å². The van der Waals surface area contributed by atoms with Crippen LogP contribution >= 0.6 is 0 Å². The largest absolute Gasteiger partial charge is 0.464 e. The molecule has 0 spiro atoms. The van der Waals surface area contributed by atoms with E-state index in [9.17, 15) is 19.2 Å². The molecule has 0 aliphatic heterocycles. The molecule has 0 bridgehead atoms. The molecule has 82 valence electrons. The molecule has 0 aromatic heterocycles. The fourth-order valence-corrected chi connectivity index (χ4v) is 1.67. The van der Waals surface area contributed by atoms with Crippen molar-refractivity contribution in [2.45, 2.75) is 32.3 Å². The second-order valence-electron chi connectivity index (χ2n) is 3.45. The monoisotopic (exact) mass is 212 g/mol. The minimum atomic E-state index is -1.12. The number of ketones is 3. The lowest BCUT2D eigenvalue weighted by Crippen LogP contribution is -2.41. The van der Waals surface area contributed by atoms with E-state index in [2.05, 4.69) is 4.74 Å². The number of rotatable bonds is 4. The van der Waals surface area contributed by atoms with Crippen molar-refractivity contribution in [1.29, 1.82) is 0 Å². The predicted molar refractivity (Wildman–Crippen MR) is 49.0 cm³/mol. The van der Waals surface area contributed by atoms with Gasteiger partial charge in [0.1, 0.15) is 12.0 Å². The van der Waals surface area contributed by atoms with Gasteiger partial charge in [-0.15, -0.1) is 0 Å². The zero-order valence-electron chi connectivity index (χ0n) is 8.39. The van der Waals surface area contributed by atoms with Gasteiger partial charge in [0.25, 0.3) is 6.47 Å². The smallest absolute Gasteiger partial charge is 0.293 e. The Morgan fingerprint density at radius 2 is 1.93 bits per heavy atom. The van der Waals surface area contributed by atoms with Crippen LogP contribution in [0.4, 0.5) is 0 Å². The van der Waals surface area contributed by atoms with Crippen LogP contribution in [0.5, 0.6) is 0 Å². The maximum atomic E-state index is 11.5. The predicted octanol–water partition coefficient (Wildman–Crippen LogP) is 0.0553. The number of Topliss-reactive ketones (excluding diaryl/α,β-unsaturated/α-hetero) is 3. The SMILES string of the molecule is CCC(=O)C1C(=O)CC(OC=O)CC1=O. The molecule has 0 aromatic carbocycles. The van der Waals surface area contributed by atoms with E-state index in [0.29, 0.717) is 0 Å². The quantitative estimate of drug-likeness (QED) is 0.486. The van der Waals surface area contributed by atoms with Gasteiger partial charge in [-0.25, -0.2) is 0 Å². The highest BCUT2D eigenvalue weighted by Crippen LogP contribution is 2.21. The van der Waals surface area contributed by atoms with Crippen molar-refractivity contribution in [3.63, 3.8) is 0 Å². The minimum absolute atomic E-state index is 0.0408. The third-order valence-corrected chi connectivity index (χ3v) is 2.42. The van der Waals surface area contributed by atoms with E-state index in [0.717, 1.165) is 0 Å². The Hall–Kier alpha value is -1.52. The molecule has 0 saturated heterocycles. The third-order valence-electron chi connectivity index (χ3n) is 2.42. The molecular weight excluding hydrogens is 200 g/mol. The zero-order valence-corrected chi connectivity index (χ0v) is 8.39. The van der Waals surface area contributed by atoms with Gasteiger partial charge in [-0.3, -0.25) is 19.2 Å². The van der Waals surface area contributed by atoms with Gasteiger partial charge in [-0.05, 0) is 0 Å². The molecule has 1 aliphatic carbocycles. The second kappa shape index (κ2) is 4.82. The van der Waals surface area contributed by atoms with Gasteiger partial charge in [0, 0.05) is 19.3 Å². The molecule has 1 aliphatic rings. The summed E-state index contributed by atoms with van der Waals surface area (Å²) in [7, 11) is 0. The lowest BCUT2D eigenvalue weighted by Gasteiger charge is -2.23. The molecule has 0 N–H and O–H groups in total.